The number of halogens is 2. The van der Waals surface area contributed by atoms with Crippen molar-refractivity contribution in [2.24, 2.45) is 5.73 Å². The molecule has 0 aromatic carbocycles. The molecule has 0 radical (unpaired) electrons. The van der Waals surface area contributed by atoms with Gasteiger partial charge in [-0.25, -0.2) is 22.9 Å². The molecule has 0 aromatic rings. The predicted octanol–water partition coefficient (Wildman–Crippen LogP) is -0.814. The van der Waals surface area contributed by atoms with Crippen LogP contribution in [-0.2, 0) is 31.6 Å². The van der Waals surface area contributed by atoms with Gasteiger partial charge in [0, 0.05) is 6.20 Å². The third-order valence-corrected chi connectivity index (χ3v) is 8.07. The number of rotatable bonds is 9. The highest BCUT2D eigenvalue weighted by Crippen LogP contribution is 2.66. The molecule has 0 saturated carbocycles. The second kappa shape index (κ2) is 9.41. The van der Waals surface area contributed by atoms with E-state index in [4.69, 9.17) is 36.8 Å². The summed E-state index contributed by atoms with van der Waals surface area (Å²) in [6, 6.07) is -0.895. The van der Waals surface area contributed by atoms with Crippen molar-refractivity contribution in [2.45, 2.75) is 30.3 Å². The van der Waals surface area contributed by atoms with Gasteiger partial charge in [0.2, 0.25) is 0 Å². The third-order valence-electron chi connectivity index (χ3n) is 3.84. The third kappa shape index (κ3) is 6.76. The molecular formula is C10H18ClFN3O13P3. The Labute approximate surface area is 178 Å². The molecule has 2 heterocycles. The first kappa shape index (κ1) is 26.8. The number of nitrogens with two attached hydrogens (primary N) is 1. The van der Waals surface area contributed by atoms with Crippen LogP contribution in [0.2, 0.25) is 0 Å². The van der Waals surface area contributed by atoms with Crippen molar-refractivity contribution in [1.29, 1.82) is 0 Å². The summed E-state index contributed by atoms with van der Waals surface area (Å²) in [6.07, 6.45) is -4.73. The Bertz CT molecular complexity index is 874. The second-order valence-corrected chi connectivity index (χ2v) is 10.9. The molecule has 0 bridgehead atoms. The number of phosphoric acid groups is 3. The van der Waals surface area contributed by atoms with Gasteiger partial charge in [-0.15, -0.1) is 11.6 Å². The maximum Gasteiger partial charge on any atom is 0.490 e. The lowest BCUT2D eigenvalue weighted by Gasteiger charge is -2.33. The molecule has 2 rings (SSSR count). The first-order valence-electron chi connectivity index (χ1n) is 7.88. The number of amides is 2. The Balaban J connectivity index is 2.14. The van der Waals surface area contributed by atoms with Crippen LogP contribution in [0.25, 0.3) is 0 Å². The highest BCUT2D eigenvalue weighted by Gasteiger charge is 2.58. The van der Waals surface area contributed by atoms with Crippen LogP contribution in [0.15, 0.2) is 12.3 Å². The SMILES string of the molecule is NC1C=CN([C@@H]2O[C@](CCl)(COP(=O)(O)OP(=O)(O)OP(=O)(O)O)[C@@H](O)[C@H]2F)C(=O)N1. The summed E-state index contributed by atoms with van der Waals surface area (Å²) in [5.41, 5.74) is 3.21. The smallest absolute Gasteiger partial charge is 0.387 e. The molecular weight excluding hydrogens is 517 g/mol. The number of alkyl halides is 2. The van der Waals surface area contributed by atoms with E-state index in [1.54, 1.807) is 0 Å². The number of urea groups is 1. The minimum absolute atomic E-state index is 0.691. The van der Waals surface area contributed by atoms with Crippen LogP contribution >= 0.6 is 35.1 Å². The first-order valence-corrected chi connectivity index (χ1v) is 12.9. The van der Waals surface area contributed by atoms with Crippen LogP contribution in [0, 0.1) is 0 Å². The molecule has 1 fully saturated rings. The van der Waals surface area contributed by atoms with Gasteiger partial charge >= 0.3 is 29.5 Å². The van der Waals surface area contributed by atoms with Gasteiger partial charge in [0.15, 0.2) is 12.4 Å². The number of hydrogen-bond acceptors (Lipinski definition) is 10. The summed E-state index contributed by atoms with van der Waals surface area (Å²) >= 11 is 5.70. The van der Waals surface area contributed by atoms with Gasteiger partial charge in [-0.05, 0) is 6.08 Å². The van der Waals surface area contributed by atoms with Crippen LogP contribution in [0.5, 0.6) is 0 Å². The number of aliphatic hydroxyl groups excluding tert-OH is 1. The standard InChI is InChI=1S/C10H18ClFN3O13P3/c11-3-10(4-25-30(21,22)28-31(23,24)27-29(18,19)20)7(16)6(12)8(26-10)15-2-1-5(13)14-9(15)17/h1-2,5-8,16H,3-4,13H2,(H,14,17)(H,21,22)(H,23,24)(H2,18,19,20)/t5?,6-,7+,8-,10-/m1/s1. The highest BCUT2D eigenvalue weighted by molar-refractivity contribution is 7.66. The summed E-state index contributed by atoms with van der Waals surface area (Å²) in [5.74, 6) is -0.764. The van der Waals surface area contributed by atoms with Crippen LogP contribution in [0.1, 0.15) is 0 Å². The topological polar surface area (TPSA) is 248 Å². The molecule has 0 aromatic heterocycles. The van der Waals surface area contributed by atoms with Gasteiger partial charge in [-0.2, -0.15) is 8.62 Å². The highest BCUT2D eigenvalue weighted by atomic mass is 35.5. The van der Waals surface area contributed by atoms with Crippen molar-refractivity contribution in [3.8, 4) is 0 Å². The Hall–Kier alpha value is -0.480. The van der Waals surface area contributed by atoms with Crippen molar-refractivity contribution in [1.82, 2.24) is 10.2 Å². The molecule has 0 aliphatic carbocycles. The molecule has 21 heteroatoms. The van der Waals surface area contributed by atoms with Gasteiger partial charge in [0.05, 0.1) is 18.7 Å². The number of nitrogens with zero attached hydrogens (tertiary/aromatic N) is 1. The zero-order valence-electron chi connectivity index (χ0n) is 15.0. The molecule has 7 atom stereocenters. The molecule has 1 saturated heterocycles. The zero-order chi connectivity index (χ0) is 23.8. The molecule has 0 spiro atoms. The molecule has 2 amide bonds. The quantitative estimate of drug-likeness (QED) is 0.141. The predicted molar refractivity (Wildman–Crippen MR) is 96.5 cm³/mol. The van der Waals surface area contributed by atoms with E-state index in [1.165, 1.54) is 6.08 Å². The van der Waals surface area contributed by atoms with E-state index in [0.717, 1.165) is 6.20 Å². The van der Waals surface area contributed by atoms with Crippen molar-refractivity contribution < 1.29 is 65.4 Å². The van der Waals surface area contributed by atoms with Crippen LogP contribution in [-0.4, -0.2) is 78.4 Å². The Kier molecular flexibility index (Phi) is 8.12. The molecule has 2 aliphatic heterocycles. The summed E-state index contributed by atoms with van der Waals surface area (Å²) in [6.45, 7) is -1.23. The number of ether oxygens (including phenoxy) is 1. The number of nitrogens with one attached hydrogen (secondary N) is 1. The lowest BCUT2D eigenvalue weighted by Crippen LogP contribution is -2.54. The molecule has 3 unspecified atom stereocenters. The van der Waals surface area contributed by atoms with Crippen LogP contribution in [0.3, 0.4) is 0 Å². The monoisotopic (exact) mass is 535 g/mol. The number of aliphatic hydroxyl groups is 1. The first-order chi connectivity index (χ1) is 14.0. The van der Waals surface area contributed by atoms with E-state index in [2.05, 4.69) is 18.5 Å². The van der Waals surface area contributed by atoms with Gasteiger partial charge in [0.25, 0.3) is 0 Å². The van der Waals surface area contributed by atoms with Crippen molar-refractivity contribution in [2.75, 3.05) is 12.5 Å². The number of hydrogen-bond donors (Lipinski definition) is 7. The summed E-state index contributed by atoms with van der Waals surface area (Å²) < 4.78 is 65.2. The maximum atomic E-state index is 14.7. The fourth-order valence-electron chi connectivity index (χ4n) is 2.51. The Morgan fingerprint density at radius 1 is 1.26 bits per heavy atom. The van der Waals surface area contributed by atoms with E-state index in [9.17, 15) is 32.9 Å². The molecule has 180 valence electrons. The maximum absolute atomic E-state index is 14.7. The van der Waals surface area contributed by atoms with Crippen molar-refractivity contribution >= 4 is 41.1 Å². The normalized spacial score (nSPS) is 35.5. The molecule has 8 N–H and O–H groups in total. The summed E-state index contributed by atoms with van der Waals surface area (Å²) in [7, 11) is -17.0. The fourth-order valence-corrected chi connectivity index (χ4v) is 5.89. The second-order valence-electron chi connectivity index (χ2n) is 6.18. The fraction of sp³-hybridized carbons (Fsp3) is 0.700. The van der Waals surface area contributed by atoms with Crippen LogP contribution < -0.4 is 11.1 Å². The van der Waals surface area contributed by atoms with E-state index in [-0.39, 0.29) is 0 Å². The average molecular weight is 536 g/mol. The van der Waals surface area contributed by atoms with Gasteiger partial charge in [-0.1, -0.05) is 0 Å². The van der Waals surface area contributed by atoms with Gasteiger partial charge in [0.1, 0.15) is 11.7 Å². The van der Waals surface area contributed by atoms with Crippen LogP contribution in [0.4, 0.5) is 9.18 Å². The Morgan fingerprint density at radius 3 is 2.39 bits per heavy atom. The van der Waals surface area contributed by atoms with E-state index in [1.807, 2.05) is 0 Å². The number of phosphoric ester groups is 1. The van der Waals surface area contributed by atoms with E-state index >= 15 is 0 Å². The number of carbonyl (C=O) groups excluding carboxylic acids is 1. The van der Waals surface area contributed by atoms with Gasteiger partial charge in [-0.3, -0.25) is 9.42 Å². The lowest BCUT2D eigenvalue weighted by atomic mass is 9.99. The lowest BCUT2D eigenvalue weighted by molar-refractivity contribution is -0.117. The summed E-state index contributed by atoms with van der Waals surface area (Å²) in [4.78, 5) is 48.3. The molecule has 2 aliphatic rings. The van der Waals surface area contributed by atoms with Crippen molar-refractivity contribution in [3.63, 3.8) is 0 Å². The largest absolute Gasteiger partial charge is 0.490 e. The van der Waals surface area contributed by atoms with Gasteiger partial charge < -0.3 is 40.5 Å². The minimum Gasteiger partial charge on any atom is -0.387 e. The molecule has 16 nitrogen and oxygen atoms in total. The summed E-state index contributed by atoms with van der Waals surface area (Å²) in [5, 5.41) is 12.4. The zero-order valence-corrected chi connectivity index (χ0v) is 18.4. The van der Waals surface area contributed by atoms with E-state index < -0.39 is 72.3 Å². The van der Waals surface area contributed by atoms with E-state index in [0.29, 0.717) is 4.90 Å². The molecule has 31 heavy (non-hydrogen) atoms. The van der Waals surface area contributed by atoms with Crippen molar-refractivity contribution in [3.05, 3.63) is 12.3 Å². The minimum atomic E-state index is -5.80. The average Bonchev–Trinajstić information content (AvgIpc) is 2.82. The number of carbonyl (C=O) groups is 1. The Morgan fingerprint density at radius 2 is 1.87 bits per heavy atom.